The third kappa shape index (κ3) is 4.87. The Labute approximate surface area is 235 Å². The van der Waals surface area contributed by atoms with Gasteiger partial charge in [-0.25, -0.2) is 0 Å². The number of rotatable bonds is 7. The monoisotopic (exact) mass is 535 g/mol. The zero-order chi connectivity index (χ0) is 27.1. The molecule has 4 atom stereocenters. The number of nitrogens with one attached hydrogen (secondary N) is 2. The number of nitrogens with zero attached hydrogens (tertiary/aromatic N) is 3. The number of benzene rings is 2. The molecular formula is C33H37N5O2. The van der Waals surface area contributed by atoms with E-state index in [1.54, 1.807) is 6.20 Å². The normalized spacial score (nSPS) is 23.9. The van der Waals surface area contributed by atoms with Crippen LogP contribution in [0.3, 0.4) is 0 Å². The van der Waals surface area contributed by atoms with Gasteiger partial charge >= 0.3 is 0 Å². The lowest BCUT2D eigenvalue weighted by Crippen LogP contribution is -2.43. The second kappa shape index (κ2) is 10.7. The molecule has 0 radical (unpaired) electrons. The smallest absolute Gasteiger partial charge is 0.251 e. The number of fused-ring (bicyclic) bond motifs is 3. The van der Waals surface area contributed by atoms with Gasteiger partial charge in [-0.3, -0.25) is 14.9 Å². The number of hydrogen-bond donors (Lipinski definition) is 2. The summed E-state index contributed by atoms with van der Waals surface area (Å²) in [7, 11) is 2.26. The Balaban J connectivity index is 1.09. The van der Waals surface area contributed by atoms with Crippen LogP contribution in [-0.2, 0) is 0 Å². The van der Waals surface area contributed by atoms with Crippen LogP contribution < -0.4 is 10.1 Å². The molecule has 1 amide bonds. The van der Waals surface area contributed by atoms with E-state index in [0.717, 1.165) is 59.3 Å². The first-order chi connectivity index (χ1) is 19.6. The van der Waals surface area contributed by atoms with Crippen molar-refractivity contribution in [2.45, 2.75) is 75.6 Å². The van der Waals surface area contributed by atoms with Gasteiger partial charge in [-0.1, -0.05) is 18.9 Å². The van der Waals surface area contributed by atoms with E-state index in [0.29, 0.717) is 23.6 Å². The number of aromatic amines is 1. The molecule has 7 heteroatoms. The minimum atomic E-state index is -0.0805. The standard InChI is InChI=1S/C33H37N5O2/c1-38-24-12-13-25(38)20-27(19-24)40-26-14-9-22(10-15-26)31-28-18-23(11-16-29(28)36-37-31)33(39)35-32(21-6-2-3-7-21)30-8-4-5-17-34-30/h4-5,8-11,14-18,21,24-25,27,32H,2-3,6-7,12-13,19-20H2,1H3,(H,35,39)(H,36,37)/t24-,25+,27?,32?. The Morgan fingerprint density at radius 2 is 1.77 bits per heavy atom. The van der Waals surface area contributed by atoms with Crippen LogP contribution in [0.15, 0.2) is 66.9 Å². The van der Waals surface area contributed by atoms with E-state index in [2.05, 4.69) is 44.6 Å². The minimum Gasteiger partial charge on any atom is -0.490 e. The zero-order valence-corrected chi connectivity index (χ0v) is 23.1. The van der Waals surface area contributed by atoms with Crippen molar-refractivity contribution >= 4 is 16.8 Å². The quantitative estimate of drug-likeness (QED) is 0.291. The van der Waals surface area contributed by atoms with Crippen LogP contribution in [0.2, 0.25) is 0 Å². The molecule has 2 saturated heterocycles. The summed E-state index contributed by atoms with van der Waals surface area (Å²) in [4.78, 5) is 20.6. The molecule has 3 fully saturated rings. The van der Waals surface area contributed by atoms with E-state index < -0.39 is 0 Å². The van der Waals surface area contributed by atoms with Crippen molar-refractivity contribution in [3.05, 3.63) is 78.1 Å². The zero-order valence-electron chi connectivity index (χ0n) is 23.1. The van der Waals surface area contributed by atoms with E-state index in [1.807, 2.05) is 48.5 Å². The minimum absolute atomic E-state index is 0.0764. The van der Waals surface area contributed by atoms with E-state index in [-0.39, 0.29) is 18.1 Å². The Bertz CT molecular complexity index is 1460. The van der Waals surface area contributed by atoms with E-state index >= 15 is 0 Å². The molecule has 2 bridgehead atoms. The maximum Gasteiger partial charge on any atom is 0.251 e. The fraction of sp³-hybridized carbons (Fsp3) is 0.424. The van der Waals surface area contributed by atoms with Gasteiger partial charge in [0.25, 0.3) is 5.91 Å². The molecule has 4 heterocycles. The highest BCUT2D eigenvalue weighted by atomic mass is 16.5. The Kier molecular flexibility index (Phi) is 6.76. The largest absolute Gasteiger partial charge is 0.490 e. The van der Waals surface area contributed by atoms with E-state index in [9.17, 15) is 4.79 Å². The molecule has 2 unspecified atom stereocenters. The molecule has 2 N–H and O–H groups in total. The number of hydrogen-bond acceptors (Lipinski definition) is 5. The highest BCUT2D eigenvalue weighted by Crippen LogP contribution is 2.37. The maximum atomic E-state index is 13.5. The van der Waals surface area contributed by atoms with Gasteiger partial charge in [-0.05, 0) is 106 Å². The molecule has 2 aliphatic heterocycles. The molecule has 7 nitrogen and oxygen atoms in total. The van der Waals surface area contributed by atoms with Crippen LogP contribution in [0.1, 0.15) is 73.5 Å². The summed E-state index contributed by atoms with van der Waals surface area (Å²) >= 11 is 0. The Morgan fingerprint density at radius 1 is 1.00 bits per heavy atom. The third-order valence-corrected chi connectivity index (χ3v) is 9.47. The lowest BCUT2D eigenvalue weighted by molar-refractivity contribution is 0.0662. The highest BCUT2D eigenvalue weighted by molar-refractivity contribution is 6.01. The van der Waals surface area contributed by atoms with Crippen molar-refractivity contribution in [1.82, 2.24) is 25.4 Å². The molecule has 2 aromatic carbocycles. The van der Waals surface area contributed by atoms with Crippen LogP contribution >= 0.6 is 0 Å². The van der Waals surface area contributed by atoms with Crippen molar-refractivity contribution in [3.8, 4) is 17.0 Å². The lowest BCUT2D eigenvalue weighted by atomic mass is 9.94. The van der Waals surface area contributed by atoms with Crippen LogP contribution in [-0.4, -0.2) is 51.2 Å². The topological polar surface area (TPSA) is 83.1 Å². The summed E-state index contributed by atoms with van der Waals surface area (Å²) in [5, 5.41) is 12.0. The molecule has 2 aromatic heterocycles. The molecule has 1 saturated carbocycles. The van der Waals surface area contributed by atoms with E-state index in [4.69, 9.17) is 4.74 Å². The van der Waals surface area contributed by atoms with Crippen LogP contribution in [0.4, 0.5) is 0 Å². The summed E-state index contributed by atoms with van der Waals surface area (Å²) in [6.45, 7) is 0. The van der Waals surface area contributed by atoms with Crippen LogP contribution in [0.5, 0.6) is 5.75 Å². The van der Waals surface area contributed by atoms with Crippen LogP contribution in [0, 0.1) is 5.92 Å². The average molecular weight is 536 g/mol. The van der Waals surface area contributed by atoms with Crippen molar-refractivity contribution in [2.75, 3.05) is 7.05 Å². The van der Waals surface area contributed by atoms with Crippen molar-refractivity contribution in [1.29, 1.82) is 0 Å². The number of H-pyrrole nitrogens is 1. The number of pyridine rings is 1. The first-order valence-corrected chi connectivity index (χ1v) is 14.8. The SMILES string of the molecule is CN1[C@@H]2CC[C@H]1CC(Oc1ccc(-c3n[nH]c4ccc(C(=O)NC(c5ccccn5)C5CCCC5)cc34)cc1)C2. The maximum absolute atomic E-state index is 13.5. The summed E-state index contributed by atoms with van der Waals surface area (Å²) in [6.07, 6.45) is 11.5. The number of carbonyl (C=O) groups excluding carboxylic acids is 1. The number of ether oxygens (including phenoxy) is 1. The lowest BCUT2D eigenvalue weighted by Gasteiger charge is -2.36. The van der Waals surface area contributed by atoms with Gasteiger partial charge in [-0.15, -0.1) is 0 Å². The average Bonchev–Trinajstić information content (AvgIpc) is 3.71. The fourth-order valence-corrected chi connectivity index (χ4v) is 7.23. The predicted octanol–water partition coefficient (Wildman–Crippen LogP) is 6.29. The second-order valence-electron chi connectivity index (χ2n) is 11.9. The summed E-state index contributed by atoms with van der Waals surface area (Å²) in [6, 6.07) is 21.2. The van der Waals surface area contributed by atoms with Gasteiger partial charge in [0.1, 0.15) is 11.9 Å². The van der Waals surface area contributed by atoms with E-state index in [1.165, 1.54) is 25.7 Å². The highest BCUT2D eigenvalue weighted by Gasteiger charge is 2.39. The molecule has 3 aliphatic rings. The number of carbonyl (C=O) groups is 1. The van der Waals surface area contributed by atoms with Gasteiger partial charge in [0, 0.05) is 34.8 Å². The summed E-state index contributed by atoms with van der Waals surface area (Å²) < 4.78 is 6.40. The second-order valence-corrected chi connectivity index (χ2v) is 11.9. The number of piperidine rings is 1. The molecule has 40 heavy (non-hydrogen) atoms. The van der Waals surface area contributed by atoms with Crippen molar-refractivity contribution in [2.24, 2.45) is 5.92 Å². The summed E-state index contributed by atoms with van der Waals surface area (Å²) in [5.41, 5.74) is 4.31. The predicted molar refractivity (Wildman–Crippen MR) is 156 cm³/mol. The molecular weight excluding hydrogens is 498 g/mol. The molecule has 4 aromatic rings. The van der Waals surface area contributed by atoms with Gasteiger partial charge in [-0.2, -0.15) is 5.10 Å². The molecule has 206 valence electrons. The van der Waals surface area contributed by atoms with Crippen molar-refractivity contribution < 1.29 is 9.53 Å². The Morgan fingerprint density at radius 3 is 2.50 bits per heavy atom. The Hall–Kier alpha value is -3.71. The third-order valence-electron chi connectivity index (χ3n) is 9.47. The van der Waals surface area contributed by atoms with Crippen LogP contribution in [0.25, 0.3) is 22.2 Å². The van der Waals surface area contributed by atoms with Gasteiger partial charge < -0.3 is 15.0 Å². The molecule has 1 aliphatic carbocycles. The molecule has 7 rings (SSSR count). The number of amides is 1. The summed E-state index contributed by atoms with van der Waals surface area (Å²) in [5.74, 6) is 1.25. The molecule has 0 spiro atoms. The van der Waals surface area contributed by atoms with Gasteiger partial charge in [0.05, 0.1) is 22.9 Å². The van der Waals surface area contributed by atoms with Crippen molar-refractivity contribution in [3.63, 3.8) is 0 Å². The van der Waals surface area contributed by atoms with Gasteiger partial charge in [0.2, 0.25) is 0 Å². The first-order valence-electron chi connectivity index (χ1n) is 14.8. The fourth-order valence-electron chi connectivity index (χ4n) is 7.23. The number of aromatic nitrogens is 3. The first kappa shape index (κ1) is 25.3. The van der Waals surface area contributed by atoms with Gasteiger partial charge in [0.15, 0.2) is 0 Å².